The second-order valence-electron chi connectivity index (χ2n) is 12.1. The third-order valence-corrected chi connectivity index (χ3v) is 7.05. The number of anilines is 2. The quantitative estimate of drug-likeness (QED) is 0.151. The van der Waals surface area contributed by atoms with Gasteiger partial charge < -0.3 is 33.7 Å². The summed E-state index contributed by atoms with van der Waals surface area (Å²) in [6.45, 7) is 7.01. The lowest BCUT2D eigenvalue weighted by Crippen LogP contribution is -2.38. The lowest BCUT2D eigenvalue weighted by atomic mass is 10.1. The predicted octanol–water partition coefficient (Wildman–Crippen LogP) is 5.95. The summed E-state index contributed by atoms with van der Waals surface area (Å²) in [5.74, 6) is 2.05. The fraction of sp³-hybridized carbons (Fsp3) is 0.400. The number of benzene rings is 2. The molecule has 1 saturated carbocycles. The molecule has 0 spiro atoms. The van der Waals surface area contributed by atoms with Crippen molar-refractivity contribution in [3.05, 3.63) is 66.6 Å². The molecular weight excluding hydrogens is 618 g/mol. The molecule has 48 heavy (non-hydrogen) atoms. The number of nitrogens with one attached hydrogen (secondary N) is 1. The van der Waals surface area contributed by atoms with Crippen molar-refractivity contribution in [3.63, 3.8) is 0 Å². The minimum atomic E-state index is -0.603. The van der Waals surface area contributed by atoms with Crippen LogP contribution in [0.1, 0.15) is 39.2 Å². The molecular formula is C35H41N5O8. The van der Waals surface area contributed by atoms with E-state index in [2.05, 4.69) is 20.3 Å². The Morgan fingerprint density at radius 3 is 2.17 bits per heavy atom. The van der Waals surface area contributed by atoms with Gasteiger partial charge in [-0.05, 0) is 69.5 Å². The third kappa shape index (κ3) is 9.52. The summed E-state index contributed by atoms with van der Waals surface area (Å²) >= 11 is 0. The van der Waals surface area contributed by atoms with Crippen LogP contribution < -0.4 is 24.4 Å². The number of hydrogen-bond acceptors (Lipinski definition) is 11. The van der Waals surface area contributed by atoms with E-state index < -0.39 is 11.7 Å². The molecule has 0 atom stereocenters. The minimum absolute atomic E-state index is 0.0957. The van der Waals surface area contributed by atoms with Crippen molar-refractivity contribution >= 4 is 34.4 Å². The van der Waals surface area contributed by atoms with Gasteiger partial charge in [0, 0.05) is 26.3 Å². The molecule has 13 nitrogen and oxygen atoms in total. The highest BCUT2D eigenvalue weighted by Gasteiger charge is 2.36. The molecule has 1 fully saturated rings. The van der Waals surface area contributed by atoms with Crippen LogP contribution in [-0.4, -0.2) is 79.2 Å². The number of hydrogen-bond donors (Lipinski definition) is 1. The highest BCUT2D eigenvalue weighted by molar-refractivity contribution is 5.92. The molecule has 0 saturated heterocycles. The largest absolute Gasteiger partial charge is 0.487 e. The van der Waals surface area contributed by atoms with Crippen molar-refractivity contribution in [2.75, 3.05) is 50.9 Å². The molecule has 0 unspecified atom stereocenters. The summed E-state index contributed by atoms with van der Waals surface area (Å²) in [6, 6.07) is 14.2. The number of methoxy groups -OCH3 is 2. The van der Waals surface area contributed by atoms with Crippen LogP contribution in [0.2, 0.25) is 0 Å². The number of carbonyl (C=O) groups excluding carboxylic acids is 2. The number of amides is 2. The first-order chi connectivity index (χ1) is 23.1. The van der Waals surface area contributed by atoms with Crippen LogP contribution in [0.5, 0.6) is 23.1 Å². The van der Waals surface area contributed by atoms with Crippen molar-refractivity contribution < 1.29 is 38.0 Å². The highest BCUT2D eigenvalue weighted by Crippen LogP contribution is 2.37. The Labute approximate surface area is 279 Å². The zero-order valence-corrected chi connectivity index (χ0v) is 27.9. The maximum atomic E-state index is 12.8. The van der Waals surface area contributed by atoms with Gasteiger partial charge in [-0.15, -0.1) is 0 Å². The molecule has 4 aromatic rings. The Balaban J connectivity index is 1.21. The zero-order chi connectivity index (χ0) is 34.1. The van der Waals surface area contributed by atoms with Crippen molar-refractivity contribution in [3.8, 4) is 23.1 Å². The monoisotopic (exact) mass is 659 g/mol. The van der Waals surface area contributed by atoms with E-state index in [1.165, 1.54) is 6.33 Å². The van der Waals surface area contributed by atoms with E-state index in [9.17, 15) is 9.59 Å². The van der Waals surface area contributed by atoms with Crippen molar-refractivity contribution in [1.82, 2.24) is 15.0 Å². The lowest BCUT2D eigenvalue weighted by molar-refractivity contribution is -0.115. The molecule has 1 N–H and O–H groups in total. The van der Waals surface area contributed by atoms with Crippen LogP contribution in [0.3, 0.4) is 0 Å². The summed E-state index contributed by atoms with van der Waals surface area (Å²) in [7, 11) is 3.21. The molecule has 5 rings (SSSR count). The predicted molar refractivity (Wildman–Crippen MR) is 179 cm³/mol. The summed E-state index contributed by atoms with van der Waals surface area (Å²) in [5, 5.41) is 3.45. The maximum Gasteiger partial charge on any atom is 0.415 e. The average Bonchev–Trinajstić information content (AvgIpc) is 3.88. The molecule has 2 amide bonds. The van der Waals surface area contributed by atoms with E-state index in [0.717, 1.165) is 18.4 Å². The lowest BCUT2D eigenvalue weighted by Gasteiger charge is -2.27. The van der Waals surface area contributed by atoms with E-state index in [1.54, 1.807) is 61.7 Å². The fourth-order valence-electron chi connectivity index (χ4n) is 4.69. The first kappa shape index (κ1) is 34.3. The van der Waals surface area contributed by atoms with Gasteiger partial charge in [0.15, 0.2) is 11.5 Å². The molecule has 13 heteroatoms. The fourth-order valence-corrected chi connectivity index (χ4v) is 4.69. The van der Waals surface area contributed by atoms with Gasteiger partial charge in [-0.25, -0.2) is 19.7 Å². The van der Waals surface area contributed by atoms with E-state index >= 15 is 0 Å². The zero-order valence-electron chi connectivity index (χ0n) is 27.9. The van der Waals surface area contributed by atoms with Crippen LogP contribution in [0, 0.1) is 0 Å². The van der Waals surface area contributed by atoms with E-state index in [1.807, 2.05) is 32.9 Å². The van der Waals surface area contributed by atoms with Gasteiger partial charge in [-0.1, -0.05) is 12.1 Å². The Hall–Kier alpha value is -5.01. The summed E-state index contributed by atoms with van der Waals surface area (Å²) in [5.41, 5.74) is 1.42. The second-order valence-corrected chi connectivity index (χ2v) is 12.1. The summed E-state index contributed by atoms with van der Waals surface area (Å²) in [4.78, 5) is 40.3. The topological polar surface area (TPSA) is 143 Å². The Bertz CT molecular complexity index is 1690. The van der Waals surface area contributed by atoms with Gasteiger partial charge in [-0.3, -0.25) is 9.69 Å². The number of aromatic nitrogens is 3. The standard InChI is InChI=1S/C35H41N5O8/c1-35(2,3)48-34(42)40(24-8-9-24)25-10-13-31(36-21-25)39-32(41)18-23-6-11-26(12-7-23)47-33-27-19-29(45-16-14-43-4)30(46-17-15-44-5)20-28(27)37-22-38-33/h6-7,10-13,19-22,24H,8-9,14-18H2,1-5H3,(H,36,39,41). The van der Waals surface area contributed by atoms with Gasteiger partial charge in [0.25, 0.3) is 0 Å². The van der Waals surface area contributed by atoms with Gasteiger partial charge >= 0.3 is 6.09 Å². The van der Waals surface area contributed by atoms with Gasteiger partial charge in [0.1, 0.15) is 36.7 Å². The first-order valence-corrected chi connectivity index (χ1v) is 15.7. The number of carbonyl (C=O) groups is 2. The molecule has 2 aromatic carbocycles. The average molecular weight is 660 g/mol. The third-order valence-electron chi connectivity index (χ3n) is 7.05. The van der Waals surface area contributed by atoms with Gasteiger partial charge in [-0.2, -0.15) is 0 Å². The minimum Gasteiger partial charge on any atom is -0.487 e. The molecule has 254 valence electrons. The number of ether oxygens (including phenoxy) is 6. The summed E-state index contributed by atoms with van der Waals surface area (Å²) < 4.78 is 33.7. The molecule has 2 heterocycles. The number of nitrogens with zero attached hydrogens (tertiary/aromatic N) is 4. The molecule has 0 bridgehead atoms. The highest BCUT2D eigenvalue weighted by atomic mass is 16.6. The van der Waals surface area contributed by atoms with Gasteiger partial charge in [0.05, 0.1) is 42.4 Å². The molecule has 2 aromatic heterocycles. The number of rotatable bonds is 15. The van der Waals surface area contributed by atoms with Crippen LogP contribution in [-0.2, 0) is 25.4 Å². The van der Waals surface area contributed by atoms with E-state index in [4.69, 9.17) is 28.4 Å². The number of fused-ring (bicyclic) bond motifs is 1. The maximum absolute atomic E-state index is 12.8. The van der Waals surface area contributed by atoms with Crippen LogP contribution in [0.4, 0.5) is 16.3 Å². The van der Waals surface area contributed by atoms with Crippen molar-refractivity contribution in [1.29, 1.82) is 0 Å². The smallest absolute Gasteiger partial charge is 0.415 e. The molecule has 1 aliphatic rings. The normalized spacial score (nSPS) is 12.8. The molecule has 1 aliphatic carbocycles. The first-order valence-electron chi connectivity index (χ1n) is 15.7. The SMILES string of the molecule is COCCOc1cc2ncnc(Oc3ccc(CC(=O)Nc4ccc(N(C(=O)OC(C)(C)C)C5CC5)cn4)cc3)c2cc1OCCOC. The van der Waals surface area contributed by atoms with E-state index in [0.29, 0.717) is 72.0 Å². The van der Waals surface area contributed by atoms with Crippen LogP contribution in [0.25, 0.3) is 10.9 Å². The van der Waals surface area contributed by atoms with Crippen molar-refractivity contribution in [2.24, 2.45) is 0 Å². The summed E-state index contributed by atoms with van der Waals surface area (Å²) in [6.07, 6.45) is 4.54. The molecule has 0 radical (unpaired) electrons. The second kappa shape index (κ2) is 15.7. The molecule has 0 aliphatic heterocycles. The van der Waals surface area contributed by atoms with Crippen molar-refractivity contribution in [2.45, 2.75) is 51.7 Å². The van der Waals surface area contributed by atoms with Crippen LogP contribution in [0.15, 0.2) is 61.1 Å². The van der Waals surface area contributed by atoms with E-state index in [-0.39, 0.29) is 18.4 Å². The van der Waals surface area contributed by atoms with Gasteiger partial charge in [0.2, 0.25) is 11.8 Å². The Kier molecular flexibility index (Phi) is 11.2. The number of pyridine rings is 1. The van der Waals surface area contributed by atoms with Crippen LogP contribution >= 0.6 is 0 Å². The Morgan fingerprint density at radius 1 is 0.875 bits per heavy atom. The Morgan fingerprint density at radius 2 is 1.56 bits per heavy atom.